The van der Waals surface area contributed by atoms with E-state index in [-0.39, 0.29) is 29.6 Å². The summed E-state index contributed by atoms with van der Waals surface area (Å²) in [5, 5.41) is 0. The van der Waals surface area contributed by atoms with Crippen LogP contribution < -0.4 is 4.90 Å². The zero-order valence-electron chi connectivity index (χ0n) is 17.3. The Morgan fingerprint density at radius 2 is 1.37 bits per heavy atom. The van der Waals surface area contributed by atoms with Crippen LogP contribution in [0.4, 0.5) is 5.69 Å². The third-order valence-corrected chi connectivity index (χ3v) is 7.79. The minimum atomic E-state index is -0.506. The van der Waals surface area contributed by atoms with Crippen molar-refractivity contribution in [3.63, 3.8) is 0 Å². The number of nitrogens with zero attached hydrogens (tertiary/aromatic N) is 1. The first-order chi connectivity index (χ1) is 14.4. The lowest BCUT2D eigenvalue weighted by molar-refractivity contribution is -0.123. The molecule has 3 aromatic rings. The van der Waals surface area contributed by atoms with Gasteiger partial charge in [-0.05, 0) is 59.4 Å². The van der Waals surface area contributed by atoms with Crippen molar-refractivity contribution in [2.75, 3.05) is 4.90 Å². The number of anilines is 1. The zero-order chi connectivity index (χ0) is 20.8. The van der Waals surface area contributed by atoms with Crippen molar-refractivity contribution in [1.29, 1.82) is 0 Å². The third-order valence-electron chi connectivity index (χ3n) is 7.79. The summed E-state index contributed by atoms with van der Waals surface area (Å²) in [6, 6.07) is 22.6. The fourth-order valence-corrected chi connectivity index (χ4v) is 6.27. The van der Waals surface area contributed by atoms with Crippen molar-refractivity contribution in [1.82, 2.24) is 0 Å². The van der Waals surface area contributed by atoms with Crippen molar-refractivity contribution < 1.29 is 9.59 Å². The highest BCUT2D eigenvalue weighted by atomic mass is 16.2. The first-order valence-electron chi connectivity index (χ1n) is 10.6. The van der Waals surface area contributed by atoms with E-state index in [0.29, 0.717) is 5.69 Å². The van der Waals surface area contributed by atoms with Crippen LogP contribution in [0.15, 0.2) is 66.7 Å². The van der Waals surface area contributed by atoms with Gasteiger partial charge in [0, 0.05) is 11.3 Å². The molecule has 1 heterocycles. The molecule has 3 nitrogen and oxygen atoms in total. The summed E-state index contributed by atoms with van der Waals surface area (Å²) in [5.74, 6) is -0.925. The molecule has 2 unspecified atom stereocenters. The van der Waals surface area contributed by atoms with Gasteiger partial charge in [0.15, 0.2) is 0 Å². The highest BCUT2D eigenvalue weighted by Crippen LogP contribution is 2.64. The second-order valence-corrected chi connectivity index (χ2v) is 9.14. The Morgan fingerprint density at radius 1 is 0.767 bits per heavy atom. The van der Waals surface area contributed by atoms with Crippen LogP contribution >= 0.6 is 0 Å². The van der Waals surface area contributed by atoms with Crippen LogP contribution in [-0.2, 0) is 15.0 Å². The van der Waals surface area contributed by atoms with Gasteiger partial charge in [-0.2, -0.15) is 0 Å². The Kier molecular flexibility index (Phi) is 3.35. The van der Waals surface area contributed by atoms with Gasteiger partial charge < -0.3 is 0 Å². The molecular weight excluding hydrogens is 370 g/mol. The summed E-state index contributed by atoms with van der Waals surface area (Å²) in [6.45, 7) is 6.22. The maximum Gasteiger partial charge on any atom is 0.238 e. The smallest absolute Gasteiger partial charge is 0.238 e. The van der Waals surface area contributed by atoms with Gasteiger partial charge in [-0.1, -0.05) is 61.5 Å². The van der Waals surface area contributed by atoms with Gasteiger partial charge in [-0.15, -0.1) is 0 Å². The molecule has 0 saturated carbocycles. The molecule has 0 N–H and O–H groups in total. The van der Waals surface area contributed by atoms with Crippen molar-refractivity contribution >= 4 is 17.5 Å². The average Bonchev–Trinajstić information content (AvgIpc) is 3.02. The Labute approximate surface area is 176 Å². The molecular formula is C27H23NO2. The van der Waals surface area contributed by atoms with Gasteiger partial charge in [-0.3, -0.25) is 9.59 Å². The summed E-state index contributed by atoms with van der Waals surface area (Å²) in [5.41, 5.74) is 7.21. The van der Waals surface area contributed by atoms with E-state index < -0.39 is 5.41 Å². The lowest BCUT2D eigenvalue weighted by atomic mass is 9.48. The van der Waals surface area contributed by atoms with Crippen LogP contribution in [0.2, 0.25) is 0 Å². The summed E-state index contributed by atoms with van der Waals surface area (Å²) in [4.78, 5) is 29.1. The van der Waals surface area contributed by atoms with E-state index in [9.17, 15) is 9.59 Å². The molecule has 0 aromatic heterocycles. The number of amides is 2. The Hall–Kier alpha value is -3.20. The van der Waals surface area contributed by atoms with Crippen LogP contribution in [0, 0.1) is 25.7 Å². The Morgan fingerprint density at radius 3 is 1.97 bits per heavy atom. The number of rotatable bonds is 1. The summed E-state index contributed by atoms with van der Waals surface area (Å²) in [7, 11) is 0. The lowest BCUT2D eigenvalue weighted by Gasteiger charge is -2.52. The first-order valence-corrected chi connectivity index (χ1v) is 10.6. The standard InChI is InChI=1S/C27H23NO2/c1-15-12-13-17(14-16(15)2)28-25(29)23-22-18-8-4-6-10-20(18)27(3,24(23)26(28)30)21-11-7-5-9-19(21)22/h4-14,22-24H,1-3H3. The number of carbonyl (C=O) groups excluding carboxylic acids is 2. The van der Waals surface area contributed by atoms with Gasteiger partial charge in [0.05, 0.1) is 17.5 Å². The molecule has 3 heteroatoms. The van der Waals surface area contributed by atoms with Crippen LogP contribution in [0.5, 0.6) is 0 Å². The predicted octanol–water partition coefficient (Wildman–Crippen LogP) is 4.87. The molecule has 1 aliphatic heterocycles. The summed E-state index contributed by atoms with van der Waals surface area (Å²) in [6.07, 6.45) is 0. The topological polar surface area (TPSA) is 37.4 Å². The number of carbonyl (C=O) groups is 2. The van der Waals surface area contributed by atoms with Gasteiger partial charge >= 0.3 is 0 Å². The van der Waals surface area contributed by atoms with Gasteiger partial charge in [0.25, 0.3) is 0 Å². The molecule has 0 spiro atoms. The fourth-order valence-electron chi connectivity index (χ4n) is 6.27. The summed E-state index contributed by atoms with van der Waals surface area (Å²) >= 11 is 0. The highest BCUT2D eigenvalue weighted by Gasteiger charge is 2.66. The second kappa shape index (κ2) is 5.69. The van der Waals surface area contributed by atoms with Crippen LogP contribution in [-0.4, -0.2) is 11.8 Å². The van der Waals surface area contributed by atoms with E-state index in [4.69, 9.17) is 0 Å². The maximum atomic E-state index is 13.9. The van der Waals surface area contributed by atoms with Crippen LogP contribution in [0.25, 0.3) is 0 Å². The number of aryl methyl sites for hydroxylation is 2. The zero-order valence-corrected chi connectivity index (χ0v) is 17.3. The lowest BCUT2D eigenvalue weighted by Crippen LogP contribution is -2.51. The monoisotopic (exact) mass is 393 g/mol. The van der Waals surface area contributed by atoms with E-state index in [1.807, 2.05) is 56.3 Å². The van der Waals surface area contributed by atoms with E-state index >= 15 is 0 Å². The van der Waals surface area contributed by atoms with E-state index in [0.717, 1.165) is 11.1 Å². The Balaban J connectivity index is 1.60. The van der Waals surface area contributed by atoms with Gasteiger partial charge in [0.2, 0.25) is 11.8 Å². The average molecular weight is 393 g/mol. The first kappa shape index (κ1) is 17.6. The number of hydrogen-bond donors (Lipinski definition) is 0. The molecule has 148 valence electrons. The van der Waals surface area contributed by atoms with Crippen LogP contribution in [0.3, 0.4) is 0 Å². The molecule has 3 aromatic carbocycles. The second-order valence-electron chi connectivity index (χ2n) is 9.14. The largest absolute Gasteiger partial charge is 0.274 e. The molecule has 2 amide bonds. The molecule has 4 aliphatic rings. The highest BCUT2D eigenvalue weighted by molar-refractivity contribution is 6.23. The molecule has 2 bridgehead atoms. The van der Waals surface area contributed by atoms with Crippen molar-refractivity contribution in [2.45, 2.75) is 32.1 Å². The normalized spacial score (nSPS) is 28.4. The SMILES string of the molecule is Cc1ccc(N2C(=O)C3C4c5ccccc5C(C)(c5ccccc54)C3C2=O)cc1C. The minimum Gasteiger partial charge on any atom is -0.274 e. The fraction of sp³-hybridized carbons (Fsp3) is 0.259. The van der Waals surface area contributed by atoms with Crippen molar-refractivity contribution in [3.05, 3.63) is 100 Å². The molecule has 7 rings (SSSR count). The maximum absolute atomic E-state index is 13.9. The number of benzene rings is 3. The van der Waals surface area contributed by atoms with Gasteiger partial charge in [0.1, 0.15) is 0 Å². The molecule has 2 atom stereocenters. The van der Waals surface area contributed by atoms with Crippen molar-refractivity contribution in [2.24, 2.45) is 11.8 Å². The van der Waals surface area contributed by atoms with Crippen LogP contribution in [0.1, 0.15) is 46.2 Å². The quantitative estimate of drug-likeness (QED) is 0.553. The molecule has 1 fully saturated rings. The molecule has 0 radical (unpaired) electrons. The van der Waals surface area contributed by atoms with E-state index in [1.165, 1.54) is 27.2 Å². The predicted molar refractivity (Wildman–Crippen MR) is 117 cm³/mol. The van der Waals surface area contributed by atoms with Gasteiger partial charge in [-0.25, -0.2) is 4.90 Å². The summed E-state index contributed by atoms with van der Waals surface area (Å²) < 4.78 is 0. The molecule has 30 heavy (non-hydrogen) atoms. The molecule has 3 aliphatic carbocycles. The molecule has 1 saturated heterocycles. The Bertz CT molecular complexity index is 1210. The number of hydrogen-bond acceptors (Lipinski definition) is 2. The van der Waals surface area contributed by atoms with E-state index in [2.05, 4.69) is 31.2 Å². The minimum absolute atomic E-state index is 0.0616. The van der Waals surface area contributed by atoms with Crippen molar-refractivity contribution in [3.8, 4) is 0 Å². The van der Waals surface area contributed by atoms with E-state index in [1.54, 1.807) is 0 Å². The third kappa shape index (κ3) is 1.91. The number of imide groups is 1.